The fraction of sp³-hybridized carbons (Fsp3) is 0.462. The lowest BCUT2D eigenvalue weighted by atomic mass is 10.2. The number of halogens is 2. The van der Waals surface area contributed by atoms with Crippen LogP contribution in [0.5, 0.6) is 0 Å². The smallest absolute Gasteiger partial charge is 0.326 e. The number of nitrogens with one attached hydrogen (secondary N) is 2. The van der Waals surface area contributed by atoms with Gasteiger partial charge < -0.3 is 15.7 Å². The van der Waals surface area contributed by atoms with Crippen molar-refractivity contribution in [3.63, 3.8) is 0 Å². The van der Waals surface area contributed by atoms with Gasteiger partial charge in [0.25, 0.3) is 5.91 Å². The summed E-state index contributed by atoms with van der Waals surface area (Å²) >= 11 is 1.38. The first-order chi connectivity index (χ1) is 10.4. The lowest BCUT2D eigenvalue weighted by Gasteiger charge is -2.13. The van der Waals surface area contributed by atoms with Crippen molar-refractivity contribution in [3.05, 3.63) is 22.4 Å². The van der Waals surface area contributed by atoms with Crippen molar-refractivity contribution in [2.24, 2.45) is 0 Å². The van der Waals surface area contributed by atoms with E-state index in [1.807, 2.05) is 5.32 Å². The van der Waals surface area contributed by atoms with E-state index in [-0.39, 0.29) is 25.3 Å². The van der Waals surface area contributed by atoms with E-state index in [4.69, 9.17) is 5.11 Å². The minimum absolute atomic E-state index is 0.0586. The largest absolute Gasteiger partial charge is 0.480 e. The van der Waals surface area contributed by atoms with Crippen molar-refractivity contribution < 1.29 is 28.3 Å². The van der Waals surface area contributed by atoms with Crippen molar-refractivity contribution >= 4 is 29.1 Å². The molecule has 1 aromatic heterocycles. The van der Waals surface area contributed by atoms with Crippen LogP contribution < -0.4 is 10.6 Å². The molecule has 1 aromatic rings. The van der Waals surface area contributed by atoms with Crippen LogP contribution in [-0.4, -0.2) is 41.9 Å². The summed E-state index contributed by atoms with van der Waals surface area (Å²) in [5.41, 5.74) is 0.525. The SMILES string of the molecule is O=C(CCCNC(=O)c1ccsc1)NC(CC(F)F)C(=O)O. The lowest BCUT2D eigenvalue weighted by molar-refractivity contribution is -0.143. The summed E-state index contributed by atoms with van der Waals surface area (Å²) in [6.45, 7) is 0.231. The van der Waals surface area contributed by atoms with Gasteiger partial charge in [0.05, 0.1) is 0 Å². The van der Waals surface area contributed by atoms with E-state index >= 15 is 0 Å². The molecule has 0 aliphatic carbocycles. The van der Waals surface area contributed by atoms with Crippen LogP contribution in [0.25, 0.3) is 0 Å². The van der Waals surface area contributed by atoms with Crippen LogP contribution in [0.1, 0.15) is 29.6 Å². The summed E-state index contributed by atoms with van der Waals surface area (Å²) in [4.78, 5) is 33.8. The van der Waals surface area contributed by atoms with Crippen LogP contribution in [0.4, 0.5) is 8.78 Å². The van der Waals surface area contributed by atoms with E-state index < -0.39 is 30.8 Å². The Kier molecular flexibility index (Phi) is 7.44. The standard InChI is InChI=1S/C13H16F2N2O4S/c14-10(15)6-9(13(20)21)17-11(18)2-1-4-16-12(19)8-3-5-22-7-8/h3,5,7,9-10H,1-2,4,6H2,(H,16,19)(H,17,18)(H,20,21). The third-order valence-electron chi connectivity index (χ3n) is 2.70. The molecule has 0 spiro atoms. The summed E-state index contributed by atoms with van der Waals surface area (Å²) in [6.07, 6.45) is -3.53. The molecule has 0 saturated carbocycles. The Labute approximate surface area is 129 Å². The number of aliphatic carboxylic acids is 1. The minimum atomic E-state index is -2.81. The molecule has 2 amide bonds. The highest BCUT2D eigenvalue weighted by molar-refractivity contribution is 7.08. The maximum atomic E-state index is 12.2. The van der Waals surface area contributed by atoms with Gasteiger partial charge in [0.1, 0.15) is 6.04 Å². The predicted octanol–water partition coefficient (Wildman–Crippen LogP) is 1.48. The number of amides is 2. The number of carboxylic acids is 1. The van der Waals surface area contributed by atoms with Crippen LogP contribution in [-0.2, 0) is 9.59 Å². The highest BCUT2D eigenvalue weighted by Gasteiger charge is 2.23. The van der Waals surface area contributed by atoms with Crippen molar-refractivity contribution in [3.8, 4) is 0 Å². The van der Waals surface area contributed by atoms with Gasteiger partial charge in [0.2, 0.25) is 12.3 Å². The lowest BCUT2D eigenvalue weighted by Crippen LogP contribution is -2.42. The van der Waals surface area contributed by atoms with E-state index in [9.17, 15) is 23.2 Å². The molecule has 0 fully saturated rings. The molecular weight excluding hydrogens is 318 g/mol. The third kappa shape index (κ3) is 6.61. The van der Waals surface area contributed by atoms with E-state index in [0.717, 1.165) is 0 Å². The van der Waals surface area contributed by atoms with Gasteiger partial charge in [-0.15, -0.1) is 0 Å². The maximum absolute atomic E-state index is 12.2. The Morgan fingerprint density at radius 1 is 1.32 bits per heavy atom. The summed E-state index contributed by atoms with van der Waals surface area (Å²) in [7, 11) is 0. The molecule has 22 heavy (non-hydrogen) atoms. The molecule has 0 aromatic carbocycles. The normalized spacial score (nSPS) is 12.0. The Bertz CT molecular complexity index is 508. The molecule has 0 saturated heterocycles. The van der Waals surface area contributed by atoms with E-state index in [0.29, 0.717) is 5.56 Å². The zero-order valence-electron chi connectivity index (χ0n) is 11.6. The number of carbonyl (C=O) groups is 3. The van der Waals surface area contributed by atoms with Crippen LogP contribution in [0.2, 0.25) is 0 Å². The monoisotopic (exact) mass is 334 g/mol. The molecule has 0 aliphatic heterocycles. The average molecular weight is 334 g/mol. The molecule has 0 radical (unpaired) electrons. The minimum Gasteiger partial charge on any atom is -0.480 e. The van der Waals surface area contributed by atoms with Gasteiger partial charge >= 0.3 is 5.97 Å². The molecule has 0 bridgehead atoms. The molecule has 9 heteroatoms. The molecular formula is C13H16F2N2O4S. The van der Waals surface area contributed by atoms with Gasteiger partial charge in [0.15, 0.2) is 0 Å². The van der Waals surface area contributed by atoms with Crippen molar-refractivity contribution in [1.29, 1.82) is 0 Å². The quantitative estimate of drug-likeness (QED) is 0.596. The van der Waals surface area contributed by atoms with Gasteiger partial charge in [-0.25, -0.2) is 13.6 Å². The van der Waals surface area contributed by atoms with Crippen LogP contribution in [0, 0.1) is 0 Å². The van der Waals surface area contributed by atoms with Gasteiger partial charge in [-0.3, -0.25) is 9.59 Å². The number of carbonyl (C=O) groups excluding carboxylic acids is 2. The second-order valence-corrected chi connectivity index (χ2v) is 5.24. The van der Waals surface area contributed by atoms with Crippen molar-refractivity contribution in [2.45, 2.75) is 31.7 Å². The van der Waals surface area contributed by atoms with Crippen molar-refractivity contribution in [1.82, 2.24) is 10.6 Å². The molecule has 1 unspecified atom stereocenters. The highest BCUT2D eigenvalue weighted by Crippen LogP contribution is 2.06. The zero-order valence-corrected chi connectivity index (χ0v) is 12.4. The summed E-state index contributed by atoms with van der Waals surface area (Å²) < 4.78 is 24.3. The second-order valence-electron chi connectivity index (χ2n) is 4.46. The summed E-state index contributed by atoms with van der Waals surface area (Å²) in [5, 5.41) is 16.8. The molecule has 1 heterocycles. The number of rotatable bonds is 9. The first-order valence-electron chi connectivity index (χ1n) is 6.51. The first-order valence-corrected chi connectivity index (χ1v) is 7.45. The third-order valence-corrected chi connectivity index (χ3v) is 3.38. The second kappa shape index (κ2) is 9.08. The number of hydrogen-bond acceptors (Lipinski definition) is 4. The Morgan fingerprint density at radius 2 is 2.05 bits per heavy atom. The van der Waals surface area contributed by atoms with Crippen LogP contribution in [0.15, 0.2) is 16.8 Å². The van der Waals surface area contributed by atoms with Crippen LogP contribution >= 0.6 is 11.3 Å². The number of carboxylic acid groups (broad SMARTS) is 1. The molecule has 3 N–H and O–H groups in total. The van der Waals surface area contributed by atoms with E-state index in [2.05, 4.69) is 5.32 Å². The van der Waals surface area contributed by atoms with Gasteiger partial charge in [-0.2, -0.15) is 11.3 Å². The number of alkyl halides is 2. The molecule has 1 atom stereocenters. The molecule has 1 rings (SSSR count). The number of thiophene rings is 1. The molecule has 6 nitrogen and oxygen atoms in total. The van der Waals surface area contributed by atoms with E-state index in [1.165, 1.54) is 11.3 Å². The van der Waals surface area contributed by atoms with Gasteiger partial charge in [-0.1, -0.05) is 0 Å². The van der Waals surface area contributed by atoms with Gasteiger partial charge in [0, 0.05) is 30.3 Å². The maximum Gasteiger partial charge on any atom is 0.326 e. The molecule has 0 aliphatic rings. The fourth-order valence-electron chi connectivity index (χ4n) is 1.61. The Hall–Kier alpha value is -2.03. The van der Waals surface area contributed by atoms with Gasteiger partial charge in [-0.05, 0) is 17.9 Å². The number of hydrogen-bond donors (Lipinski definition) is 3. The zero-order chi connectivity index (χ0) is 16.5. The average Bonchev–Trinajstić information content (AvgIpc) is 2.96. The Balaban J connectivity index is 2.25. The predicted molar refractivity (Wildman–Crippen MR) is 76.1 cm³/mol. The topological polar surface area (TPSA) is 95.5 Å². The van der Waals surface area contributed by atoms with Crippen molar-refractivity contribution in [2.75, 3.05) is 6.54 Å². The van der Waals surface area contributed by atoms with Crippen LogP contribution in [0.3, 0.4) is 0 Å². The molecule has 122 valence electrons. The highest BCUT2D eigenvalue weighted by atomic mass is 32.1. The summed E-state index contributed by atoms with van der Waals surface area (Å²) in [5.74, 6) is -2.40. The summed E-state index contributed by atoms with van der Waals surface area (Å²) in [6, 6.07) is 0.0574. The Morgan fingerprint density at radius 3 is 2.59 bits per heavy atom. The van der Waals surface area contributed by atoms with E-state index in [1.54, 1.807) is 16.8 Å². The fourth-order valence-corrected chi connectivity index (χ4v) is 2.25. The first kappa shape index (κ1) is 18.0.